The number of rotatable bonds is 5. The van der Waals surface area contributed by atoms with Gasteiger partial charge in [0.15, 0.2) is 0 Å². The van der Waals surface area contributed by atoms with Gasteiger partial charge in [0.2, 0.25) is 0 Å². The molecule has 3 aliphatic rings. The topological polar surface area (TPSA) is 69.0 Å². The molecular formula is C28H30N2O2. The molecule has 3 aliphatic carbocycles. The first-order valence-corrected chi connectivity index (χ1v) is 11.8. The molecule has 4 nitrogen and oxygen atoms in total. The molecule has 2 saturated carbocycles. The number of hydrogen-bond acceptors (Lipinski definition) is 3. The summed E-state index contributed by atoms with van der Waals surface area (Å²) in [5.41, 5.74) is 5.96. The average Bonchev–Trinajstić information content (AvgIpc) is 3.12. The molecule has 1 aromatic heterocycles. The Kier molecular flexibility index (Phi) is 5.24. The fraction of sp³-hybridized carbons (Fsp3) is 0.429. The SMILES string of the molecule is CCc1[nH]c2c(c1O)=C(C(C)C1CC3C(C)C3C1)C=C=C(Oc1cccc(C#N)c1)CC=2. The number of nitrogens with zero attached hydrogens (tertiary/aromatic N) is 1. The van der Waals surface area contributed by atoms with E-state index in [4.69, 9.17) is 4.74 Å². The average molecular weight is 427 g/mol. The van der Waals surface area contributed by atoms with E-state index in [1.807, 2.05) is 18.2 Å². The summed E-state index contributed by atoms with van der Waals surface area (Å²) >= 11 is 0. The van der Waals surface area contributed by atoms with Gasteiger partial charge in [0.05, 0.1) is 17.3 Å². The molecule has 32 heavy (non-hydrogen) atoms. The Labute approximate surface area is 189 Å². The molecule has 0 bridgehead atoms. The Balaban J connectivity index is 1.56. The molecule has 0 amide bonds. The molecule has 2 N–H and O–H groups in total. The van der Waals surface area contributed by atoms with Gasteiger partial charge in [-0.3, -0.25) is 0 Å². The maximum Gasteiger partial charge on any atom is 0.150 e. The summed E-state index contributed by atoms with van der Waals surface area (Å²) in [7, 11) is 0. The number of aromatic hydroxyl groups is 1. The number of H-pyrrole nitrogens is 1. The number of aromatic nitrogens is 1. The largest absolute Gasteiger partial charge is 0.505 e. The Morgan fingerprint density at radius 1 is 1.31 bits per heavy atom. The summed E-state index contributed by atoms with van der Waals surface area (Å²) in [4.78, 5) is 3.44. The van der Waals surface area contributed by atoms with Gasteiger partial charge in [-0.25, -0.2) is 0 Å². The van der Waals surface area contributed by atoms with Crippen molar-refractivity contribution in [3.63, 3.8) is 0 Å². The van der Waals surface area contributed by atoms with Crippen molar-refractivity contribution in [3.8, 4) is 17.6 Å². The maximum absolute atomic E-state index is 11.0. The van der Waals surface area contributed by atoms with Crippen molar-refractivity contribution < 1.29 is 9.84 Å². The summed E-state index contributed by atoms with van der Waals surface area (Å²) in [6.45, 7) is 6.73. The molecular weight excluding hydrogens is 396 g/mol. The molecule has 1 aromatic carbocycles. The zero-order valence-corrected chi connectivity index (χ0v) is 19.0. The summed E-state index contributed by atoms with van der Waals surface area (Å²) in [5.74, 6) is 5.35. The predicted molar refractivity (Wildman–Crippen MR) is 125 cm³/mol. The molecule has 2 aromatic rings. The number of nitriles is 1. The Hall–Kier alpha value is -3.15. The fourth-order valence-corrected chi connectivity index (χ4v) is 5.82. The summed E-state index contributed by atoms with van der Waals surface area (Å²) in [5, 5.41) is 22.1. The van der Waals surface area contributed by atoms with Crippen molar-refractivity contribution in [2.24, 2.45) is 29.6 Å². The van der Waals surface area contributed by atoms with Gasteiger partial charge in [-0.2, -0.15) is 5.26 Å². The number of aromatic amines is 1. The van der Waals surface area contributed by atoms with Gasteiger partial charge in [0, 0.05) is 17.0 Å². The van der Waals surface area contributed by atoms with Crippen LogP contribution in [0.5, 0.6) is 11.5 Å². The minimum absolute atomic E-state index is 0.335. The highest BCUT2D eigenvalue weighted by Gasteiger charge is 2.54. The summed E-state index contributed by atoms with van der Waals surface area (Å²) in [6, 6.07) is 9.35. The Morgan fingerprint density at radius 3 is 2.81 bits per heavy atom. The lowest BCUT2D eigenvalue weighted by Gasteiger charge is -2.23. The monoisotopic (exact) mass is 426 g/mol. The van der Waals surface area contributed by atoms with Crippen molar-refractivity contribution in [2.45, 2.75) is 46.5 Å². The third kappa shape index (κ3) is 3.57. The molecule has 0 spiro atoms. The van der Waals surface area contributed by atoms with Crippen LogP contribution in [0.4, 0.5) is 0 Å². The van der Waals surface area contributed by atoms with Crippen LogP contribution in [0.1, 0.15) is 51.3 Å². The van der Waals surface area contributed by atoms with Gasteiger partial charge in [-0.05, 0) is 78.7 Å². The van der Waals surface area contributed by atoms with Crippen LogP contribution < -0.4 is 15.3 Å². The van der Waals surface area contributed by atoms with Crippen LogP contribution >= 0.6 is 0 Å². The number of hydrogen-bond donors (Lipinski definition) is 2. The quantitative estimate of drug-likeness (QED) is 0.690. The van der Waals surface area contributed by atoms with E-state index in [-0.39, 0.29) is 0 Å². The van der Waals surface area contributed by atoms with Gasteiger partial charge < -0.3 is 14.8 Å². The van der Waals surface area contributed by atoms with E-state index in [1.165, 1.54) is 12.8 Å². The van der Waals surface area contributed by atoms with E-state index in [1.54, 1.807) is 12.1 Å². The van der Waals surface area contributed by atoms with Crippen LogP contribution in [0.15, 0.2) is 41.8 Å². The lowest BCUT2D eigenvalue weighted by Crippen LogP contribution is -2.29. The highest BCUT2D eigenvalue weighted by molar-refractivity contribution is 5.63. The normalized spacial score (nSPS) is 26.7. The van der Waals surface area contributed by atoms with Gasteiger partial charge in [-0.15, -0.1) is 0 Å². The first-order chi connectivity index (χ1) is 15.5. The zero-order valence-electron chi connectivity index (χ0n) is 19.0. The molecule has 3 unspecified atom stereocenters. The molecule has 0 radical (unpaired) electrons. The van der Waals surface area contributed by atoms with E-state index in [0.29, 0.717) is 41.1 Å². The molecule has 1 heterocycles. The highest BCUT2D eigenvalue weighted by Crippen LogP contribution is 2.61. The van der Waals surface area contributed by atoms with Crippen LogP contribution in [-0.2, 0) is 6.42 Å². The van der Waals surface area contributed by atoms with E-state index in [0.717, 1.165) is 46.0 Å². The Morgan fingerprint density at radius 2 is 2.09 bits per heavy atom. The van der Waals surface area contributed by atoms with Crippen LogP contribution in [-0.4, -0.2) is 10.1 Å². The first-order valence-electron chi connectivity index (χ1n) is 11.8. The van der Waals surface area contributed by atoms with Gasteiger partial charge >= 0.3 is 0 Å². The fourth-order valence-electron chi connectivity index (χ4n) is 5.82. The molecule has 5 rings (SSSR count). The highest BCUT2D eigenvalue weighted by atomic mass is 16.5. The van der Waals surface area contributed by atoms with Gasteiger partial charge in [-0.1, -0.05) is 38.6 Å². The zero-order chi connectivity index (χ0) is 22.4. The first kappa shape index (κ1) is 20.7. The lowest BCUT2D eigenvalue weighted by molar-refractivity contribution is 0.379. The summed E-state index contributed by atoms with van der Waals surface area (Å²) in [6.07, 6.45) is 7.97. The molecule has 164 valence electrons. The van der Waals surface area contributed by atoms with Crippen molar-refractivity contribution in [1.82, 2.24) is 4.98 Å². The summed E-state index contributed by atoms with van der Waals surface area (Å²) < 4.78 is 6.11. The number of nitrogens with one attached hydrogen (secondary N) is 1. The van der Waals surface area contributed by atoms with Crippen molar-refractivity contribution in [1.29, 1.82) is 5.26 Å². The smallest absolute Gasteiger partial charge is 0.150 e. The molecule has 4 heteroatoms. The number of aryl methyl sites for hydroxylation is 1. The Bertz CT molecular complexity index is 1270. The third-order valence-corrected chi connectivity index (χ3v) is 7.91. The van der Waals surface area contributed by atoms with E-state index in [2.05, 4.69) is 43.6 Å². The van der Waals surface area contributed by atoms with Crippen LogP contribution in [0.2, 0.25) is 0 Å². The van der Waals surface area contributed by atoms with Crippen molar-refractivity contribution >= 4 is 11.6 Å². The minimum atomic E-state index is 0.335. The van der Waals surface area contributed by atoms with Crippen molar-refractivity contribution in [2.75, 3.05) is 0 Å². The predicted octanol–water partition coefficient (Wildman–Crippen LogP) is 4.54. The minimum Gasteiger partial charge on any atom is -0.505 e. The maximum atomic E-state index is 11.0. The lowest BCUT2D eigenvalue weighted by atomic mass is 9.82. The second kappa shape index (κ2) is 8.08. The van der Waals surface area contributed by atoms with E-state index < -0.39 is 0 Å². The third-order valence-electron chi connectivity index (χ3n) is 7.91. The van der Waals surface area contributed by atoms with Crippen molar-refractivity contribution in [3.05, 3.63) is 63.7 Å². The molecule has 0 saturated heterocycles. The second-order valence-electron chi connectivity index (χ2n) is 9.62. The van der Waals surface area contributed by atoms with Crippen LogP contribution in [0.25, 0.3) is 11.6 Å². The van der Waals surface area contributed by atoms with Gasteiger partial charge in [0.25, 0.3) is 0 Å². The number of benzene rings is 1. The number of allylic oxidation sites excluding steroid dienone is 1. The van der Waals surface area contributed by atoms with Crippen LogP contribution in [0, 0.1) is 40.9 Å². The molecule has 0 aliphatic heterocycles. The number of ether oxygens (including phenoxy) is 1. The second-order valence-corrected chi connectivity index (χ2v) is 9.62. The van der Waals surface area contributed by atoms with E-state index in [9.17, 15) is 10.4 Å². The number of fused-ring (bicyclic) bond motifs is 2. The van der Waals surface area contributed by atoms with E-state index >= 15 is 0 Å². The molecule has 2 fully saturated rings. The van der Waals surface area contributed by atoms with Gasteiger partial charge in [0.1, 0.15) is 17.3 Å². The molecule has 3 atom stereocenters. The standard InChI is InChI=1S/C28H30N2O2/c1-4-25-28(31)27-22(16(2)19-13-23-17(3)24(23)14-19)10-8-20(9-11-26(27)30-25)32-21-7-5-6-18(12-21)15-29/h5-7,10-12,16-17,19,23-24,30-31H,4,9,13-14H2,1-3H3. The van der Waals surface area contributed by atoms with Crippen LogP contribution in [0.3, 0.4) is 0 Å².